The summed E-state index contributed by atoms with van der Waals surface area (Å²) >= 11 is 0. The summed E-state index contributed by atoms with van der Waals surface area (Å²) in [6.45, 7) is 4.66. The second-order valence-electron chi connectivity index (χ2n) is 6.33. The van der Waals surface area contributed by atoms with E-state index in [9.17, 15) is 4.79 Å². The van der Waals surface area contributed by atoms with Gasteiger partial charge in [-0.05, 0) is 61.7 Å². The van der Waals surface area contributed by atoms with Crippen molar-refractivity contribution in [3.8, 4) is 11.5 Å². The molecule has 3 rings (SSSR count). The summed E-state index contributed by atoms with van der Waals surface area (Å²) < 4.78 is 10.6. The van der Waals surface area contributed by atoms with Crippen LogP contribution in [0.15, 0.2) is 36.4 Å². The molecule has 0 bridgehead atoms. The summed E-state index contributed by atoms with van der Waals surface area (Å²) in [5, 5.41) is 4.08. The largest absolute Gasteiger partial charge is 0.493 e. The highest BCUT2D eigenvalue weighted by Crippen LogP contribution is 2.27. The normalized spacial score (nSPS) is 10.8. The van der Waals surface area contributed by atoms with E-state index in [4.69, 9.17) is 9.47 Å². The molecule has 1 heterocycles. The zero-order valence-corrected chi connectivity index (χ0v) is 15.6. The number of amides is 1. The number of benzene rings is 2. The van der Waals surface area contributed by atoms with Gasteiger partial charge in [0.2, 0.25) is 0 Å². The SMILES string of the molecule is COc1ccc(CCNC(=O)c2ccc3[nH]c(C)c(C)c3c2)cc1OC. The molecule has 1 amide bonds. The Bertz CT molecular complexity index is 944. The molecular weight excluding hydrogens is 328 g/mol. The Balaban J connectivity index is 1.65. The molecule has 2 aromatic carbocycles. The van der Waals surface area contributed by atoms with Gasteiger partial charge in [0, 0.05) is 28.7 Å². The number of H-pyrrole nitrogens is 1. The van der Waals surface area contributed by atoms with Crippen LogP contribution in [0.3, 0.4) is 0 Å². The molecule has 0 aliphatic heterocycles. The van der Waals surface area contributed by atoms with Crippen molar-refractivity contribution in [1.82, 2.24) is 10.3 Å². The second kappa shape index (κ2) is 7.52. The van der Waals surface area contributed by atoms with Crippen LogP contribution in [0, 0.1) is 13.8 Å². The highest BCUT2D eigenvalue weighted by molar-refractivity contribution is 5.99. The summed E-state index contributed by atoms with van der Waals surface area (Å²) in [7, 11) is 3.23. The lowest BCUT2D eigenvalue weighted by Gasteiger charge is -2.10. The third-order valence-electron chi connectivity index (χ3n) is 4.72. The minimum absolute atomic E-state index is 0.0642. The van der Waals surface area contributed by atoms with E-state index in [1.807, 2.05) is 43.3 Å². The number of aromatic nitrogens is 1. The third kappa shape index (κ3) is 3.52. The third-order valence-corrected chi connectivity index (χ3v) is 4.72. The molecule has 0 atom stereocenters. The Morgan fingerprint density at radius 1 is 1.04 bits per heavy atom. The average Bonchev–Trinajstić information content (AvgIpc) is 2.95. The van der Waals surface area contributed by atoms with Gasteiger partial charge >= 0.3 is 0 Å². The van der Waals surface area contributed by atoms with Crippen molar-refractivity contribution in [2.24, 2.45) is 0 Å². The first-order valence-electron chi connectivity index (χ1n) is 8.61. The van der Waals surface area contributed by atoms with Gasteiger partial charge in [-0.15, -0.1) is 0 Å². The molecule has 5 nitrogen and oxygen atoms in total. The summed E-state index contributed by atoms with van der Waals surface area (Å²) in [4.78, 5) is 15.8. The van der Waals surface area contributed by atoms with Crippen LogP contribution < -0.4 is 14.8 Å². The van der Waals surface area contributed by atoms with Crippen LogP contribution >= 0.6 is 0 Å². The number of carbonyl (C=O) groups is 1. The van der Waals surface area contributed by atoms with Gasteiger partial charge in [-0.25, -0.2) is 0 Å². The van der Waals surface area contributed by atoms with Crippen LogP contribution in [0.2, 0.25) is 0 Å². The molecule has 0 aliphatic rings. The number of ether oxygens (including phenoxy) is 2. The van der Waals surface area contributed by atoms with Gasteiger partial charge in [0.1, 0.15) is 0 Å². The average molecular weight is 352 g/mol. The van der Waals surface area contributed by atoms with Crippen LogP contribution in [0.25, 0.3) is 10.9 Å². The number of rotatable bonds is 6. The van der Waals surface area contributed by atoms with Crippen LogP contribution in [-0.4, -0.2) is 31.7 Å². The number of carbonyl (C=O) groups excluding carboxylic acids is 1. The maximum absolute atomic E-state index is 12.5. The molecule has 0 unspecified atom stereocenters. The molecule has 2 N–H and O–H groups in total. The molecule has 0 fully saturated rings. The van der Waals surface area contributed by atoms with Gasteiger partial charge in [-0.2, -0.15) is 0 Å². The Morgan fingerprint density at radius 2 is 1.81 bits per heavy atom. The first-order chi connectivity index (χ1) is 12.5. The van der Waals surface area contributed by atoms with E-state index in [1.54, 1.807) is 14.2 Å². The quantitative estimate of drug-likeness (QED) is 0.710. The van der Waals surface area contributed by atoms with E-state index in [0.717, 1.165) is 28.6 Å². The van der Waals surface area contributed by atoms with Crippen LogP contribution in [0.5, 0.6) is 11.5 Å². The fourth-order valence-electron chi connectivity index (χ4n) is 3.06. The highest BCUT2D eigenvalue weighted by atomic mass is 16.5. The molecule has 0 saturated carbocycles. The van der Waals surface area contributed by atoms with Gasteiger partial charge in [0.15, 0.2) is 11.5 Å². The van der Waals surface area contributed by atoms with E-state index in [2.05, 4.69) is 17.2 Å². The van der Waals surface area contributed by atoms with Crippen molar-refractivity contribution < 1.29 is 14.3 Å². The highest BCUT2D eigenvalue weighted by Gasteiger charge is 2.10. The molecule has 5 heteroatoms. The minimum Gasteiger partial charge on any atom is -0.493 e. The smallest absolute Gasteiger partial charge is 0.251 e. The number of methoxy groups -OCH3 is 2. The lowest BCUT2D eigenvalue weighted by atomic mass is 10.1. The predicted octanol–water partition coefficient (Wildman–Crippen LogP) is 3.77. The summed E-state index contributed by atoms with van der Waals surface area (Å²) in [6, 6.07) is 11.5. The number of nitrogens with one attached hydrogen (secondary N) is 2. The molecule has 1 aromatic heterocycles. The lowest BCUT2D eigenvalue weighted by Crippen LogP contribution is -2.25. The first kappa shape index (κ1) is 17.9. The Hall–Kier alpha value is -2.95. The van der Waals surface area contributed by atoms with E-state index >= 15 is 0 Å². The molecule has 0 radical (unpaired) electrons. The van der Waals surface area contributed by atoms with Gasteiger partial charge in [0.05, 0.1) is 14.2 Å². The summed E-state index contributed by atoms with van der Waals surface area (Å²) in [5.74, 6) is 1.33. The number of hydrogen-bond donors (Lipinski definition) is 2. The minimum atomic E-state index is -0.0642. The Kier molecular flexibility index (Phi) is 5.16. The number of aryl methyl sites for hydroxylation is 2. The molecular formula is C21H24N2O3. The van der Waals surface area contributed by atoms with E-state index in [-0.39, 0.29) is 5.91 Å². The zero-order valence-electron chi connectivity index (χ0n) is 15.6. The van der Waals surface area contributed by atoms with Gasteiger partial charge < -0.3 is 19.8 Å². The first-order valence-corrected chi connectivity index (χ1v) is 8.61. The summed E-state index contributed by atoms with van der Waals surface area (Å²) in [5.41, 5.74) is 5.12. The molecule has 0 spiro atoms. The van der Waals surface area contributed by atoms with Crippen molar-refractivity contribution in [3.63, 3.8) is 0 Å². The molecule has 26 heavy (non-hydrogen) atoms. The molecule has 0 aliphatic carbocycles. The predicted molar refractivity (Wildman–Crippen MR) is 103 cm³/mol. The van der Waals surface area contributed by atoms with E-state index in [0.29, 0.717) is 23.6 Å². The van der Waals surface area contributed by atoms with E-state index in [1.165, 1.54) is 5.56 Å². The van der Waals surface area contributed by atoms with Crippen molar-refractivity contribution in [2.45, 2.75) is 20.3 Å². The standard InChI is InChI=1S/C21H24N2O3/c1-13-14(2)23-18-7-6-16(12-17(13)18)21(24)22-10-9-15-5-8-19(25-3)20(11-15)26-4/h5-8,11-12,23H,9-10H2,1-4H3,(H,22,24). The zero-order chi connectivity index (χ0) is 18.7. The Morgan fingerprint density at radius 3 is 2.54 bits per heavy atom. The van der Waals surface area contributed by atoms with Crippen LogP contribution in [-0.2, 0) is 6.42 Å². The number of hydrogen-bond acceptors (Lipinski definition) is 3. The van der Waals surface area contributed by atoms with Crippen molar-refractivity contribution >= 4 is 16.8 Å². The molecule has 136 valence electrons. The molecule has 3 aromatic rings. The number of aromatic amines is 1. The summed E-state index contributed by atoms with van der Waals surface area (Å²) in [6.07, 6.45) is 0.719. The topological polar surface area (TPSA) is 63.3 Å². The van der Waals surface area contributed by atoms with E-state index < -0.39 is 0 Å². The van der Waals surface area contributed by atoms with Gasteiger partial charge in [-0.3, -0.25) is 4.79 Å². The maximum Gasteiger partial charge on any atom is 0.251 e. The van der Waals surface area contributed by atoms with Gasteiger partial charge in [-0.1, -0.05) is 6.07 Å². The fraction of sp³-hybridized carbons (Fsp3) is 0.286. The monoisotopic (exact) mass is 352 g/mol. The Labute approximate surface area is 153 Å². The fourth-order valence-corrected chi connectivity index (χ4v) is 3.06. The number of fused-ring (bicyclic) bond motifs is 1. The maximum atomic E-state index is 12.5. The van der Waals surface area contributed by atoms with Crippen LogP contribution in [0.1, 0.15) is 27.2 Å². The van der Waals surface area contributed by atoms with Crippen molar-refractivity contribution in [3.05, 3.63) is 58.8 Å². The van der Waals surface area contributed by atoms with Crippen molar-refractivity contribution in [1.29, 1.82) is 0 Å². The van der Waals surface area contributed by atoms with Crippen LogP contribution in [0.4, 0.5) is 0 Å². The second-order valence-corrected chi connectivity index (χ2v) is 6.33. The molecule has 0 saturated heterocycles. The van der Waals surface area contributed by atoms with Gasteiger partial charge in [0.25, 0.3) is 5.91 Å². The van der Waals surface area contributed by atoms with Crippen molar-refractivity contribution in [2.75, 3.05) is 20.8 Å². The lowest BCUT2D eigenvalue weighted by molar-refractivity contribution is 0.0954.